The van der Waals surface area contributed by atoms with E-state index < -0.39 is 0 Å². The highest BCUT2D eigenvalue weighted by Gasteiger charge is 2.30. The zero-order valence-corrected chi connectivity index (χ0v) is 16.1. The van der Waals surface area contributed by atoms with Crippen LogP contribution in [0.2, 0.25) is 0 Å². The van der Waals surface area contributed by atoms with E-state index in [1.807, 2.05) is 50.4 Å². The van der Waals surface area contributed by atoms with Crippen molar-refractivity contribution in [3.05, 3.63) is 64.8 Å². The zero-order valence-electron chi connectivity index (χ0n) is 16.1. The maximum atomic E-state index is 13.4. The summed E-state index contributed by atoms with van der Waals surface area (Å²) in [5.74, 6) is 0.731. The van der Waals surface area contributed by atoms with Gasteiger partial charge in [-0.25, -0.2) is 0 Å². The molecule has 1 aliphatic rings. The van der Waals surface area contributed by atoms with Crippen LogP contribution >= 0.6 is 0 Å². The Bertz CT molecular complexity index is 1040. The molecule has 0 bridgehead atoms. The number of aryl methyl sites for hydroxylation is 3. The van der Waals surface area contributed by atoms with Crippen LogP contribution in [0.15, 0.2) is 42.5 Å². The minimum atomic E-state index is -0.0967. The van der Waals surface area contributed by atoms with Gasteiger partial charge in [0.15, 0.2) is 5.69 Å². The lowest BCUT2D eigenvalue weighted by Gasteiger charge is -2.22. The Balaban J connectivity index is 1.78. The molecule has 0 atom stereocenters. The Morgan fingerprint density at radius 1 is 1.19 bits per heavy atom. The number of rotatable bonds is 3. The molecule has 0 unspecified atom stereocenters. The standard InChI is InChI=1S/C22H23N3O2/c1-5-25(16-11-10-14(2)15(3)12-16)22(26)20-18-13-27-19-9-7-6-8-17(19)21(18)24(4)23-20/h6-12H,5,13H2,1-4H3. The van der Waals surface area contributed by atoms with E-state index in [4.69, 9.17) is 4.74 Å². The van der Waals surface area contributed by atoms with Crippen LogP contribution in [0.1, 0.15) is 34.1 Å². The summed E-state index contributed by atoms with van der Waals surface area (Å²) < 4.78 is 7.67. The highest BCUT2D eigenvalue weighted by Crippen LogP contribution is 2.38. The predicted octanol–water partition coefficient (Wildman–Crippen LogP) is 4.26. The first-order valence-corrected chi connectivity index (χ1v) is 9.18. The number of fused-ring (bicyclic) bond motifs is 3. The number of aromatic nitrogens is 2. The number of benzene rings is 2. The molecule has 2 aromatic carbocycles. The minimum Gasteiger partial charge on any atom is -0.488 e. The second-order valence-corrected chi connectivity index (χ2v) is 6.90. The molecule has 1 amide bonds. The van der Waals surface area contributed by atoms with Crippen molar-refractivity contribution in [1.82, 2.24) is 9.78 Å². The van der Waals surface area contributed by atoms with Gasteiger partial charge in [0.25, 0.3) is 5.91 Å². The van der Waals surface area contributed by atoms with Gasteiger partial charge in [-0.05, 0) is 56.2 Å². The average Bonchev–Trinajstić information content (AvgIpc) is 3.02. The number of hydrogen-bond donors (Lipinski definition) is 0. The van der Waals surface area contributed by atoms with Gasteiger partial charge in [0, 0.05) is 30.4 Å². The molecule has 1 aliphatic heterocycles. The van der Waals surface area contributed by atoms with Gasteiger partial charge >= 0.3 is 0 Å². The van der Waals surface area contributed by atoms with Gasteiger partial charge in [-0.3, -0.25) is 9.48 Å². The summed E-state index contributed by atoms with van der Waals surface area (Å²) in [6, 6.07) is 14.0. The van der Waals surface area contributed by atoms with Crippen LogP contribution in [0, 0.1) is 13.8 Å². The Labute approximate surface area is 159 Å². The van der Waals surface area contributed by atoms with Crippen molar-refractivity contribution in [3.8, 4) is 17.0 Å². The van der Waals surface area contributed by atoms with Crippen LogP contribution in [0.25, 0.3) is 11.3 Å². The number of hydrogen-bond acceptors (Lipinski definition) is 3. The van der Waals surface area contributed by atoms with E-state index in [1.54, 1.807) is 9.58 Å². The number of para-hydroxylation sites is 1. The van der Waals surface area contributed by atoms with Gasteiger partial charge in [-0.1, -0.05) is 18.2 Å². The number of nitrogens with zero attached hydrogens (tertiary/aromatic N) is 3. The third kappa shape index (κ3) is 2.79. The zero-order chi connectivity index (χ0) is 19.1. The first kappa shape index (κ1) is 17.3. The second-order valence-electron chi connectivity index (χ2n) is 6.90. The summed E-state index contributed by atoms with van der Waals surface area (Å²) in [6.45, 7) is 7.04. The maximum absolute atomic E-state index is 13.4. The first-order chi connectivity index (χ1) is 13.0. The van der Waals surface area contributed by atoms with E-state index in [2.05, 4.69) is 25.0 Å². The third-order valence-electron chi connectivity index (χ3n) is 5.23. The Morgan fingerprint density at radius 3 is 2.70 bits per heavy atom. The van der Waals surface area contributed by atoms with Crippen LogP contribution < -0.4 is 9.64 Å². The lowest BCUT2D eigenvalue weighted by atomic mass is 10.0. The molecule has 0 N–H and O–H groups in total. The van der Waals surface area contributed by atoms with E-state index in [0.717, 1.165) is 28.3 Å². The van der Waals surface area contributed by atoms with Gasteiger partial charge in [0.1, 0.15) is 12.4 Å². The Kier molecular flexibility index (Phi) is 4.22. The lowest BCUT2D eigenvalue weighted by molar-refractivity contribution is 0.0980. The van der Waals surface area contributed by atoms with Gasteiger partial charge < -0.3 is 9.64 Å². The summed E-state index contributed by atoms with van der Waals surface area (Å²) in [6.07, 6.45) is 0. The Morgan fingerprint density at radius 2 is 1.96 bits per heavy atom. The monoisotopic (exact) mass is 361 g/mol. The fourth-order valence-electron chi connectivity index (χ4n) is 3.62. The topological polar surface area (TPSA) is 47.4 Å². The van der Waals surface area contributed by atoms with Crippen molar-refractivity contribution in [3.63, 3.8) is 0 Å². The van der Waals surface area contributed by atoms with E-state index in [-0.39, 0.29) is 5.91 Å². The molecule has 27 heavy (non-hydrogen) atoms. The van der Waals surface area contributed by atoms with Crippen LogP contribution in [0.3, 0.4) is 0 Å². The lowest BCUT2D eigenvalue weighted by Crippen LogP contribution is -2.32. The van der Waals surface area contributed by atoms with Gasteiger partial charge in [0.05, 0.1) is 5.69 Å². The van der Waals surface area contributed by atoms with E-state index in [0.29, 0.717) is 18.8 Å². The number of anilines is 1. The third-order valence-corrected chi connectivity index (χ3v) is 5.23. The molecule has 138 valence electrons. The van der Waals surface area contributed by atoms with Gasteiger partial charge in [0.2, 0.25) is 0 Å². The SMILES string of the molecule is CCN(C(=O)c1nn(C)c2c1COc1ccccc1-2)c1ccc(C)c(C)c1. The molecule has 1 aromatic heterocycles. The van der Waals surface area contributed by atoms with E-state index in [1.165, 1.54) is 11.1 Å². The molecule has 3 aromatic rings. The van der Waals surface area contributed by atoms with Gasteiger partial charge in [-0.15, -0.1) is 0 Å². The summed E-state index contributed by atoms with van der Waals surface area (Å²) in [7, 11) is 1.88. The molecule has 0 spiro atoms. The molecule has 0 aliphatic carbocycles. The van der Waals surface area contributed by atoms with Crippen molar-refractivity contribution in [2.45, 2.75) is 27.4 Å². The molecule has 2 heterocycles. The van der Waals surface area contributed by atoms with Crippen LogP contribution in [-0.4, -0.2) is 22.2 Å². The summed E-state index contributed by atoms with van der Waals surface area (Å²) in [5, 5.41) is 4.57. The summed E-state index contributed by atoms with van der Waals surface area (Å²) >= 11 is 0. The van der Waals surface area contributed by atoms with Crippen LogP contribution in [0.5, 0.6) is 5.75 Å². The van der Waals surface area contributed by atoms with E-state index in [9.17, 15) is 4.79 Å². The molecule has 0 saturated carbocycles. The predicted molar refractivity (Wildman–Crippen MR) is 106 cm³/mol. The van der Waals surface area contributed by atoms with Gasteiger partial charge in [-0.2, -0.15) is 5.10 Å². The number of carbonyl (C=O) groups is 1. The normalized spacial score (nSPS) is 12.1. The highest BCUT2D eigenvalue weighted by molar-refractivity contribution is 6.06. The highest BCUT2D eigenvalue weighted by atomic mass is 16.5. The van der Waals surface area contributed by atoms with Crippen molar-refractivity contribution < 1.29 is 9.53 Å². The fourth-order valence-corrected chi connectivity index (χ4v) is 3.62. The molecule has 0 saturated heterocycles. The first-order valence-electron chi connectivity index (χ1n) is 9.18. The molecule has 0 radical (unpaired) electrons. The Hall–Kier alpha value is -3.08. The fraction of sp³-hybridized carbons (Fsp3) is 0.273. The van der Waals surface area contributed by atoms with Crippen molar-refractivity contribution in [1.29, 1.82) is 0 Å². The van der Waals surface area contributed by atoms with Crippen LogP contribution in [-0.2, 0) is 13.7 Å². The quantitative estimate of drug-likeness (QED) is 0.700. The van der Waals surface area contributed by atoms with Crippen molar-refractivity contribution in [2.24, 2.45) is 7.05 Å². The van der Waals surface area contributed by atoms with Crippen LogP contribution in [0.4, 0.5) is 5.69 Å². The van der Waals surface area contributed by atoms with Crippen molar-refractivity contribution >= 4 is 11.6 Å². The minimum absolute atomic E-state index is 0.0967. The average molecular weight is 361 g/mol. The summed E-state index contributed by atoms with van der Waals surface area (Å²) in [4.78, 5) is 15.1. The number of ether oxygens (including phenoxy) is 1. The molecule has 5 heteroatoms. The van der Waals surface area contributed by atoms with Crippen molar-refractivity contribution in [2.75, 3.05) is 11.4 Å². The largest absolute Gasteiger partial charge is 0.488 e. The van der Waals surface area contributed by atoms with E-state index >= 15 is 0 Å². The number of carbonyl (C=O) groups excluding carboxylic acids is 1. The smallest absolute Gasteiger partial charge is 0.279 e. The molecular formula is C22H23N3O2. The molecule has 4 rings (SSSR count). The second kappa shape index (κ2) is 6.58. The summed E-state index contributed by atoms with van der Waals surface area (Å²) in [5.41, 5.74) is 6.51. The number of amides is 1. The maximum Gasteiger partial charge on any atom is 0.279 e. The molecular weight excluding hydrogens is 338 g/mol. The molecule has 5 nitrogen and oxygen atoms in total. The molecule has 0 fully saturated rings.